The van der Waals surface area contributed by atoms with Crippen LogP contribution in [0.3, 0.4) is 0 Å². The number of benzene rings is 1. The molecule has 174 valence electrons. The van der Waals surface area contributed by atoms with Crippen molar-refractivity contribution in [2.45, 2.75) is 19.9 Å². The number of hydrogen-bond donors (Lipinski definition) is 2. The normalized spacial score (nSPS) is 19.5. The van der Waals surface area contributed by atoms with Gasteiger partial charge in [0.05, 0.1) is 24.3 Å². The monoisotopic (exact) mass is 469 g/mol. The minimum atomic E-state index is -0.313. The molecule has 1 fully saturated rings. The lowest BCUT2D eigenvalue weighted by atomic mass is 9.92. The summed E-state index contributed by atoms with van der Waals surface area (Å²) in [5, 5.41) is 7.02. The van der Waals surface area contributed by atoms with Crippen molar-refractivity contribution in [2.75, 3.05) is 49.5 Å². The number of rotatable bonds is 5. The van der Waals surface area contributed by atoms with E-state index < -0.39 is 0 Å². The fraction of sp³-hybridized carbons (Fsp3) is 0.458. The molecule has 0 spiro atoms. The molecule has 5 rings (SSSR count). The number of ether oxygens (including phenoxy) is 1. The minimum Gasteiger partial charge on any atom is -0.489 e. The fourth-order valence-electron chi connectivity index (χ4n) is 4.69. The Morgan fingerprint density at radius 3 is 2.79 bits per heavy atom. The first kappa shape index (κ1) is 21.8. The third-order valence-electron chi connectivity index (χ3n) is 6.45. The van der Waals surface area contributed by atoms with Crippen LogP contribution in [0, 0.1) is 11.8 Å². The summed E-state index contributed by atoms with van der Waals surface area (Å²) >= 11 is 5.96. The number of nitrogens with zero attached hydrogens (tertiary/aromatic N) is 3. The van der Waals surface area contributed by atoms with Gasteiger partial charge in [-0.15, -0.1) is 0 Å². The van der Waals surface area contributed by atoms with Crippen LogP contribution in [0.25, 0.3) is 0 Å². The van der Waals surface area contributed by atoms with E-state index in [4.69, 9.17) is 16.3 Å². The molecule has 2 N–H and O–H groups in total. The van der Waals surface area contributed by atoms with E-state index in [1.165, 1.54) is 0 Å². The van der Waals surface area contributed by atoms with Crippen LogP contribution in [0.5, 0.6) is 5.75 Å². The van der Waals surface area contributed by atoms with E-state index in [9.17, 15) is 9.59 Å². The van der Waals surface area contributed by atoms with Crippen LogP contribution in [-0.4, -0.2) is 61.0 Å². The summed E-state index contributed by atoms with van der Waals surface area (Å²) in [6, 6.07) is 7.42. The number of halogens is 1. The van der Waals surface area contributed by atoms with Crippen LogP contribution < -0.4 is 20.3 Å². The highest BCUT2D eigenvalue weighted by atomic mass is 35.5. The van der Waals surface area contributed by atoms with Crippen molar-refractivity contribution in [1.29, 1.82) is 0 Å². The molecule has 33 heavy (non-hydrogen) atoms. The van der Waals surface area contributed by atoms with Crippen molar-refractivity contribution in [2.24, 2.45) is 11.8 Å². The smallest absolute Gasteiger partial charge is 0.242 e. The number of anilines is 2. The number of fused-ring (bicyclic) bond motifs is 3. The van der Waals surface area contributed by atoms with Gasteiger partial charge in [-0.1, -0.05) is 30.7 Å². The number of carbonyl (C=O) groups is 2. The molecule has 4 heterocycles. The summed E-state index contributed by atoms with van der Waals surface area (Å²) in [5.41, 5.74) is 2.71. The highest BCUT2D eigenvalue weighted by molar-refractivity contribution is 6.30. The Hall–Kier alpha value is -3.00. The second-order valence-electron chi connectivity index (χ2n) is 9.11. The number of nitrogens with one attached hydrogen (secondary N) is 2. The molecule has 1 aromatic carbocycles. The summed E-state index contributed by atoms with van der Waals surface area (Å²) in [6.45, 7) is 6.06. The van der Waals surface area contributed by atoms with Gasteiger partial charge in [0, 0.05) is 43.3 Å². The third-order valence-corrected chi connectivity index (χ3v) is 6.71. The Morgan fingerprint density at radius 1 is 1.24 bits per heavy atom. The second-order valence-corrected chi connectivity index (χ2v) is 9.54. The molecule has 2 amide bonds. The van der Waals surface area contributed by atoms with Crippen molar-refractivity contribution in [3.63, 3.8) is 0 Å². The predicted octanol–water partition coefficient (Wildman–Crippen LogP) is 2.31. The summed E-state index contributed by atoms with van der Waals surface area (Å²) < 4.78 is 5.97. The number of pyridine rings is 1. The van der Waals surface area contributed by atoms with Crippen molar-refractivity contribution in [3.8, 4) is 5.75 Å². The highest BCUT2D eigenvalue weighted by Crippen LogP contribution is 2.40. The zero-order valence-corrected chi connectivity index (χ0v) is 19.4. The van der Waals surface area contributed by atoms with Crippen LogP contribution in [0.4, 0.5) is 11.5 Å². The quantitative estimate of drug-likeness (QED) is 0.699. The molecule has 0 saturated carbocycles. The fourth-order valence-corrected chi connectivity index (χ4v) is 4.82. The van der Waals surface area contributed by atoms with E-state index in [1.54, 1.807) is 6.20 Å². The van der Waals surface area contributed by atoms with Crippen LogP contribution >= 0.6 is 11.6 Å². The standard InChI is InChI=1S/C24H28ClN5O3/c1-15-11-29(12-15)21(31)14-30-13-17(24(32)28-9-16-2-4-18(25)5-3-16)8-19-22-20(10-27-23(19)30)26-6-7-33-22/h2-5,10,15,17,26H,6-9,11-14H2,1H3,(H,28,32). The second kappa shape index (κ2) is 9.09. The molecule has 1 aromatic heterocycles. The predicted molar refractivity (Wildman–Crippen MR) is 127 cm³/mol. The number of aromatic nitrogens is 1. The van der Waals surface area contributed by atoms with Gasteiger partial charge in [0.2, 0.25) is 11.8 Å². The van der Waals surface area contributed by atoms with Crippen molar-refractivity contribution in [1.82, 2.24) is 15.2 Å². The maximum absolute atomic E-state index is 13.2. The first-order valence-electron chi connectivity index (χ1n) is 11.4. The van der Waals surface area contributed by atoms with Gasteiger partial charge in [0.25, 0.3) is 0 Å². The minimum absolute atomic E-state index is 0.0491. The van der Waals surface area contributed by atoms with E-state index in [0.29, 0.717) is 43.6 Å². The molecule has 1 saturated heterocycles. The Bertz CT molecular complexity index is 1050. The van der Waals surface area contributed by atoms with Crippen molar-refractivity contribution < 1.29 is 14.3 Å². The number of hydrogen-bond acceptors (Lipinski definition) is 6. The third kappa shape index (κ3) is 4.57. The van der Waals surface area contributed by atoms with Gasteiger partial charge in [0.15, 0.2) is 5.75 Å². The molecule has 2 aromatic rings. The van der Waals surface area contributed by atoms with Gasteiger partial charge in [-0.3, -0.25) is 9.59 Å². The van der Waals surface area contributed by atoms with E-state index >= 15 is 0 Å². The zero-order chi connectivity index (χ0) is 22.9. The summed E-state index contributed by atoms with van der Waals surface area (Å²) in [6.07, 6.45) is 2.28. The first-order chi connectivity index (χ1) is 16.0. The van der Waals surface area contributed by atoms with E-state index in [2.05, 4.69) is 22.5 Å². The molecule has 1 atom stereocenters. The lowest BCUT2D eigenvalue weighted by Crippen LogP contribution is -2.54. The van der Waals surface area contributed by atoms with E-state index in [1.807, 2.05) is 34.1 Å². The first-order valence-corrected chi connectivity index (χ1v) is 11.8. The molecule has 1 unspecified atom stereocenters. The average Bonchev–Trinajstić information content (AvgIpc) is 2.81. The molecule has 3 aliphatic rings. The van der Waals surface area contributed by atoms with Gasteiger partial charge in [0.1, 0.15) is 12.4 Å². The lowest BCUT2D eigenvalue weighted by Gasteiger charge is -2.40. The Balaban J connectivity index is 1.35. The maximum Gasteiger partial charge on any atom is 0.242 e. The van der Waals surface area contributed by atoms with Crippen LogP contribution in [0.15, 0.2) is 30.5 Å². The Labute approximate surface area is 198 Å². The zero-order valence-electron chi connectivity index (χ0n) is 18.6. The molecule has 3 aliphatic heterocycles. The van der Waals surface area contributed by atoms with Crippen LogP contribution in [0.1, 0.15) is 18.1 Å². The van der Waals surface area contributed by atoms with Crippen LogP contribution in [0.2, 0.25) is 5.02 Å². The van der Waals surface area contributed by atoms with Gasteiger partial charge in [-0.2, -0.15) is 0 Å². The molecular formula is C24H28ClN5O3. The van der Waals surface area contributed by atoms with Crippen molar-refractivity contribution >= 4 is 34.9 Å². The number of amides is 2. The van der Waals surface area contributed by atoms with E-state index in [0.717, 1.165) is 41.5 Å². The molecule has 9 heteroatoms. The summed E-state index contributed by atoms with van der Waals surface area (Å²) in [5.74, 6) is 1.73. The number of likely N-dealkylation sites (tertiary alicyclic amines) is 1. The number of carbonyl (C=O) groups excluding carboxylic acids is 2. The average molecular weight is 470 g/mol. The van der Waals surface area contributed by atoms with Gasteiger partial charge >= 0.3 is 0 Å². The topological polar surface area (TPSA) is 86.8 Å². The lowest BCUT2D eigenvalue weighted by molar-refractivity contribution is -0.135. The van der Waals surface area contributed by atoms with Gasteiger partial charge in [-0.05, 0) is 30.0 Å². The van der Waals surface area contributed by atoms with Gasteiger partial charge in [-0.25, -0.2) is 4.98 Å². The van der Waals surface area contributed by atoms with E-state index in [-0.39, 0.29) is 24.3 Å². The molecule has 0 aliphatic carbocycles. The van der Waals surface area contributed by atoms with Crippen molar-refractivity contribution in [3.05, 3.63) is 46.6 Å². The van der Waals surface area contributed by atoms with Crippen LogP contribution in [-0.2, 0) is 22.6 Å². The summed E-state index contributed by atoms with van der Waals surface area (Å²) in [7, 11) is 0. The molecule has 0 radical (unpaired) electrons. The Kier molecular flexibility index (Phi) is 6.01. The molecule has 0 bridgehead atoms. The highest BCUT2D eigenvalue weighted by Gasteiger charge is 2.36. The Morgan fingerprint density at radius 2 is 2.03 bits per heavy atom. The largest absolute Gasteiger partial charge is 0.489 e. The summed E-state index contributed by atoms with van der Waals surface area (Å²) in [4.78, 5) is 34.5. The maximum atomic E-state index is 13.2. The molecular weight excluding hydrogens is 442 g/mol. The van der Waals surface area contributed by atoms with Gasteiger partial charge < -0.3 is 25.2 Å². The molecule has 8 nitrogen and oxygen atoms in total. The SMILES string of the molecule is CC1CN(C(=O)CN2CC(C(=O)NCc3ccc(Cl)cc3)Cc3c2ncc2c3OCCN2)C1.